The van der Waals surface area contributed by atoms with Crippen LogP contribution in [0.1, 0.15) is 20.1 Å². The number of nitrogens with zero attached hydrogens (tertiary/aromatic N) is 1. The van der Waals surface area contributed by atoms with E-state index in [4.69, 9.17) is 10.4 Å². The molecule has 0 unspecified atom stereocenters. The van der Waals surface area contributed by atoms with Gasteiger partial charge >= 0.3 is 5.97 Å². The van der Waals surface area contributed by atoms with Crippen molar-refractivity contribution >= 4 is 23.0 Å². The summed E-state index contributed by atoms with van der Waals surface area (Å²) in [5.74, 6) is -0.905. The first-order chi connectivity index (χ1) is 8.69. The predicted octanol–water partition coefficient (Wildman–Crippen LogP) is 2.93. The van der Waals surface area contributed by atoms with Crippen LogP contribution in [-0.2, 0) is 6.54 Å². The highest BCUT2D eigenvalue weighted by Crippen LogP contribution is 2.18. The molecule has 1 aromatic heterocycles. The Balaban J connectivity index is 2.02. The van der Waals surface area contributed by atoms with E-state index in [1.54, 1.807) is 30.3 Å². The highest BCUT2D eigenvalue weighted by Gasteiger charge is 2.06. The molecule has 0 bridgehead atoms. The lowest BCUT2D eigenvalue weighted by Crippen LogP contribution is -1.97. The minimum absolute atomic E-state index is 0.331. The molecule has 2 N–H and O–H groups in total. The maximum Gasteiger partial charge on any atom is 0.345 e. The Hall–Kier alpha value is -2.32. The third-order valence-electron chi connectivity index (χ3n) is 2.33. The normalized spacial score (nSPS) is 9.72. The fourth-order valence-corrected chi connectivity index (χ4v) is 2.26. The predicted molar refractivity (Wildman–Crippen MR) is 69.8 cm³/mol. The summed E-state index contributed by atoms with van der Waals surface area (Å²) in [5, 5.41) is 20.7. The van der Waals surface area contributed by atoms with Gasteiger partial charge < -0.3 is 10.4 Å². The average molecular weight is 258 g/mol. The van der Waals surface area contributed by atoms with Crippen molar-refractivity contribution in [3.05, 3.63) is 51.7 Å². The van der Waals surface area contributed by atoms with E-state index < -0.39 is 5.97 Å². The zero-order valence-electron chi connectivity index (χ0n) is 9.38. The Kier molecular flexibility index (Phi) is 3.60. The Morgan fingerprint density at radius 3 is 2.89 bits per heavy atom. The van der Waals surface area contributed by atoms with E-state index in [0.29, 0.717) is 17.0 Å². The van der Waals surface area contributed by atoms with Gasteiger partial charge in [-0.05, 0) is 30.3 Å². The molecule has 4 nitrogen and oxygen atoms in total. The van der Waals surface area contributed by atoms with Gasteiger partial charge in [0.05, 0.1) is 11.6 Å². The third-order valence-corrected chi connectivity index (χ3v) is 3.40. The largest absolute Gasteiger partial charge is 0.477 e. The molecule has 1 heterocycles. The number of hydrogen-bond donors (Lipinski definition) is 2. The van der Waals surface area contributed by atoms with Crippen LogP contribution < -0.4 is 5.32 Å². The van der Waals surface area contributed by atoms with E-state index in [-0.39, 0.29) is 0 Å². The van der Waals surface area contributed by atoms with Crippen molar-refractivity contribution in [3.8, 4) is 6.07 Å². The second-order valence-electron chi connectivity index (χ2n) is 3.62. The van der Waals surface area contributed by atoms with Crippen molar-refractivity contribution < 1.29 is 9.90 Å². The molecule has 0 amide bonds. The van der Waals surface area contributed by atoms with Gasteiger partial charge in [0.15, 0.2) is 0 Å². The number of carboxylic acids is 1. The van der Waals surface area contributed by atoms with Crippen LogP contribution >= 0.6 is 11.3 Å². The number of carbonyl (C=O) groups is 1. The van der Waals surface area contributed by atoms with Gasteiger partial charge in [0.25, 0.3) is 0 Å². The minimum atomic E-state index is -0.905. The van der Waals surface area contributed by atoms with Gasteiger partial charge in [-0.2, -0.15) is 5.26 Å². The van der Waals surface area contributed by atoms with Crippen LogP contribution in [0.3, 0.4) is 0 Å². The Bertz CT molecular complexity index is 613. The van der Waals surface area contributed by atoms with Crippen LogP contribution in [0, 0.1) is 11.3 Å². The van der Waals surface area contributed by atoms with Crippen molar-refractivity contribution in [1.82, 2.24) is 0 Å². The molecular weight excluding hydrogens is 248 g/mol. The molecule has 0 saturated carbocycles. The second-order valence-corrected chi connectivity index (χ2v) is 4.79. The molecule has 0 radical (unpaired) electrons. The number of rotatable bonds is 4. The maximum atomic E-state index is 10.7. The Morgan fingerprint density at radius 1 is 1.39 bits per heavy atom. The molecule has 0 fully saturated rings. The van der Waals surface area contributed by atoms with Crippen molar-refractivity contribution in [2.24, 2.45) is 0 Å². The number of thiophene rings is 1. The van der Waals surface area contributed by atoms with E-state index in [2.05, 4.69) is 11.4 Å². The molecule has 0 aliphatic heterocycles. The van der Waals surface area contributed by atoms with Gasteiger partial charge in [-0.3, -0.25) is 0 Å². The summed E-state index contributed by atoms with van der Waals surface area (Å²) in [6, 6.07) is 12.6. The van der Waals surface area contributed by atoms with E-state index in [9.17, 15) is 4.79 Å². The number of benzene rings is 1. The van der Waals surface area contributed by atoms with Crippen molar-refractivity contribution in [2.75, 3.05) is 5.32 Å². The van der Waals surface area contributed by atoms with Gasteiger partial charge in [0.2, 0.25) is 0 Å². The number of carboxylic acid groups (broad SMARTS) is 1. The summed E-state index contributed by atoms with van der Waals surface area (Å²) < 4.78 is 0. The van der Waals surface area contributed by atoms with Crippen LogP contribution in [0.15, 0.2) is 36.4 Å². The SMILES string of the molecule is N#Cc1cccc(NCc2ccc(C(=O)O)s2)c1. The molecule has 0 aliphatic rings. The van der Waals surface area contributed by atoms with Gasteiger partial charge in [0, 0.05) is 17.1 Å². The topological polar surface area (TPSA) is 73.1 Å². The number of hydrogen-bond acceptors (Lipinski definition) is 4. The molecule has 0 spiro atoms. The Labute approximate surface area is 108 Å². The smallest absolute Gasteiger partial charge is 0.345 e. The first-order valence-corrected chi connectivity index (χ1v) is 6.07. The summed E-state index contributed by atoms with van der Waals surface area (Å²) in [5.41, 5.74) is 1.44. The first kappa shape index (κ1) is 12.1. The van der Waals surface area contributed by atoms with Crippen LogP contribution in [0.4, 0.5) is 5.69 Å². The van der Waals surface area contributed by atoms with E-state index in [1.807, 2.05) is 6.07 Å². The highest BCUT2D eigenvalue weighted by molar-refractivity contribution is 7.13. The Morgan fingerprint density at radius 2 is 2.22 bits per heavy atom. The molecule has 2 aromatic rings. The molecule has 1 aromatic carbocycles. The van der Waals surface area contributed by atoms with Crippen LogP contribution in [0.5, 0.6) is 0 Å². The summed E-state index contributed by atoms with van der Waals surface area (Å²) in [4.78, 5) is 12.0. The maximum absolute atomic E-state index is 10.7. The molecule has 2 rings (SSSR count). The zero-order valence-corrected chi connectivity index (χ0v) is 10.2. The molecule has 0 saturated heterocycles. The third kappa shape index (κ3) is 2.87. The summed E-state index contributed by atoms with van der Waals surface area (Å²) in [6.07, 6.45) is 0. The molecule has 18 heavy (non-hydrogen) atoms. The lowest BCUT2D eigenvalue weighted by atomic mass is 10.2. The van der Waals surface area contributed by atoms with Gasteiger partial charge in [-0.25, -0.2) is 4.79 Å². The van der Waals surface area contributed by atoms with E-state index >= 15 is 0 Å². The summed E-state index contributed by atoms with van der Waals surface area (Å²) in [7, 11) is 0. The number of aromatic carboxylic acids is 1. The van der Waals surface area contributed by atoms with E-state index in [1.165, 1.54) is 11.3 Å². The quantitative estimate of drug-likeness (QED) is 0.884. The minimum Gasteiger partial charge on any atom is -0.477 e. The van der Waals surface area contributed by atoms with E-state index in [0.717, 1.165) is 10.6 Å². The van der Waals surface area contributed by atoms with Crippen LogP contribution in [-0.4, -0.2) is 11.1 Å². The molecule has 0 atom stereocenters. The number of nitrogens with one attached hydrogen (secondary N) is 1. The van der Waals surface area contributed by atoms with Crippen LogP contribution in [0.2, 0.25) is 0 Å². The molecular formula is C13H10N2O2S. The number of anilines is 1. The van der Waals surface area contributed by atoms with Gasteiger partial charge in [-0.15, -0.1) is 11.3 Å². The zero-order chi connectivity index (χ0) is 13.0. The average Bonchev–Trinajstić information content (AvgIpc) is 2.85. The van der Waals surface area contributed by atoms with Crippen molar-refractivity contribution in [2.45, 2.75) is 6.54 Å². The second kappa shape index (κ2) is 5.34. The fourth-order valence-electron chi connectivity index (χ4n) is 1.48. The van der Waals surface area contributed by atoms with Crippen LogP contribution in [0.25, 0.3) is 0 Å². The molecule has 0 aliphatic carbocycles. The van der Waals surface area contributed by atoms with Gasteiger partial charge in [-0.1, -0.05) is 6.07 Å². The highest BCUT2D eigenvalue weighted by atomic mass is 32.1. The lowest BCUT2D eigenvalue weighted by molar-refractivity contribution is 0.0702. The lowest BCUT2D eigenvalue weighted by Gasteiger charge is -2.04. The van der Waals surface area contributed by atoms with Crippen molar-refractivity contribution in [3.63, 3.8) is 0 Å². The summed E-state index contributed by atoms with van der Waals surface area (Å²) >= 11 is 1.24. The molecule has 90 valence electrons. The molecule has 5 heteroatoms. The monoisotopic (exact) mass is 258 g/mol. The standard InChI is InChI=1S/C13H10N2O2S/c14-7-9-2-1-3-10(6-9)15-8-11-4-5-12(18-11)13(16)17/h1-6,15H,8H2,(H,16,17). The van der Waals surface area contributed by atoms with Gasteiger partial charge in [0.1, 0.15) is 4.88 Å². The fraction of sp³-hybridized carbons (Fsp3) is 0.0769. The van der Waals surface area contributed by atoms with Crippen molar-refractivity contribution in [1.29, 1.82) is 5.26 Å². The number of nitriles is 1. The summed E-state index contributed by atoms with van der Waals surface area (Å²) in [6.45, 7) is 0.548. The first-order valence-electron chi connectivity index (χ1n) is 5.25.